The van der Waals surface area contributed by atoms with E-state index in [1.165, 1.54) is 6.07 Å². The molecule has 3 heteroatoms. The van der Waals surface area contributed by atoms with Gasteiger partial charge in [-0.15, -0.1) is 0 Å². The number of para-hydroxylation sites is 1. The van der Waals surface area contributed by atoms with E-state index in [1.807, 2.05) is 60.7 Å². The third-order valence-corrected chi connectivity index (χ3v) is 3.77. The highest BCUT2D eigenvalue weighted by atomic mass is 16.3. The van der Waals surface area contributed by atoms with Crippen molar-refractivity contribution < 1.29 is 9.52 Å². The Hall–Kier alpha value is -3.07. The minimum atomic E-state index is -0.439. The molecule has 1 N–H and O–H groups in total. The Morgan fingerprint density at radius 1 is 0.864 bits per heavy atom. The zero-order chi connectivity index (χ0) is 15.1. The lowest BCUT2D eigenvalue weighted by Gasteiger charge is -2.13. The molecule has 1 heterocycles. The molecule has 1 aliphatic carbocycles. The highest BCUT2D eigenvalue weighted by Gasteiger charge is 2.19. The molecule has 3 nitrogen and oxygen atoms in total. The number of hydrogen-bond donors (Lipinski definition) is 1. The average molecular weight is 288 g/mol. The van der Waals surface area contributed by atoms with Crippen molar-refractivity contribution in [3.63, 3.8) is 0 Å². The quantitative estimate of drug-likeness (QED) is 0.532. The summed E-state index contributed by atoms with van der Waals surface area (Å²) in [4.78, 5) is 12.1. The van der Waals surface area contributed by atoms with E-state index < -0.39 is 5.43 Å². The van der Waals surface area contributed by atoms with E-state index in [0.29, 0.717) is 16.9 Å². The van der Waals surface area contributed by atoms with Crippen LogP contribution in [0.3, 0.4) is 0 Å². The first-order valence-corrected chi connectivity index (χ1v) is 6.98. The summed E-state index contributed by atoms with van der Waals surface area (Å²) in [5.41, 5.74) is 2.29. The zero-order valence-electron chi connectivity index (χ0n) is 11.6. The molecule has 106 valence electrons. The highest BCUT2D eigenvalue weighted by molar-refractivity contribution is 5.92. The van der Waals surface area contributed by atoms with Crippen LogP contribution in [0.1, 0.15) is 0 Å². The van der Waals surface area contributed by atoms with Crippen LogP contribution in [-0.4, -0.2) is 5.11 Å². The van der Waals surface area contributed by atoms with Crippen molar-refractivity contribution >= 4 is 11.0 Å². The monoisotopic (exact) mass is 288 g/mol. The van der Waals surface area contributed by atoms with Gasteiger partial charge in [0.2, 0.25) is 5.43 Å². The van der Waals surface area contributed by atoms with Crippen LogP contribution in [0, 0.1) is 0 Å². The summed E-state index contributed by atoms with van der Waals surface area (Å²) in [5.74, 6) is 0.226. The average Bonchev–Trinajstić information content (AvgIpc) is 2.55. The lowest BCUT2D eigenvalue weighted by molar-refractivity contribution is 0.471. The summed E-state index contributed by atoms with van der Waals surface area (Å²) in [5, 5.41) is 11.2. The maximum Gasteiger partial charge on any atom is 0.224 e. The van der Waals surface area contributed by atoms with Crippen molar-refractivity contribution in [1.29, 1.82) is 0 Å². The fraction of sp³-hybridized carbons (Fsp3) is 0. The van der Waals surface area contributed by atoms with Crippen molar-refractivity contribution in [2.45, 2.75) is 0 Å². The maximum absolute atomic E-state index is 12.1. The Kier molecular flexibility index (Phi) is 2.73. The van der Waals surface area contributed by atoms with Gasteiger partial charge in [-0.05, 0) is 17.7 Å². The van der Waals surface area contributed by atoms with Gasteiger partial charge in [0.15, 0.2) is 5.75 Å². The summed E-state index contributed by atoms with van der Waals surface area (Å²) in [6.45, 7) is 0. The Morgan fingerprint density at radius 3 is 2.41 bits per heavy atom. The molecule has 0 bridgehead atoms. The van der Waals surface area contributed by atoms with Crippen molar-refractivity contribution in [2.75, 3.05) is 0 Å². The molecular formula is C19H12O3. The van der Waals surface area contributed by atoms with Crippen molar-refractivity contribution in [3.8, 4) is 28.2 Å². The van der Waals surface area contributed by atoms with E-state index in [-0.39, 0.29) is 5.75 Å². The summed E-state index contributed by atoms with van der Waals surface area (Å²) in [6.07, 6.45) is 0. The standard InChI is InChI=1S/C19H12O3/c20-15-11-17-14(10-13-8-4-5-9-16(13)22-17)18(19(15)21)12-6-2-1-3-7-12/h1-11,21H. The summed E-state index contributed by atoms with van der Waals surface area (Å²) < 4.78 is 5.83. The van der Waals surface area contributed by atoms with Gasteiger partial charge < -0.3 is 9.52 Å². The molecule has 0 aromatic heterocycles. The Balaban J connectivity index is 2.17. The number of hydrogen-bond acceptors (Lipinski definition) is 3. The van der Waals surface area contributed by atoms with E-state index in [1.54, 1.807) is 0 Å². The zero-order valence-corrected chi connectivity index (χ0v) is 11.6. The molecule has 0 radical (unpaired) electrons. The molecule has 22 heavy (non-hydrogen) atoms. The van der Waals surface area contributed by atoms with Crippen LogP contribution in [-0.2, 0) is 0 Å². The molecule has 0 amide bonds. The van der Waals surface area contributed by atoms with Gasteiger partial charge in [0.05, 0.1) is 0 Å². The van der Waals surface area contributed by atoms with E-state index >= 15 is 0 Å². The van der Waals surface area contributed by atoms with Gasteiger partial charge in [-0.1, -0.05) is 48.5 Å². The largest absolute Gasteiger partial charge is 0.504 e. The van der Waals surface area contributed by atoms with Crippen LogP contribution in [0.15, 0.2) is 75.9 Å². The molecule has 0 saturated heterocycles. The molecule has 0 atom stereocenters. The van der Waals surface area contributed by atoms with E-state index in [0.717, 1.165) is 16.5 Å². The number of fused-ring (bicyclic) bond motifs is 2. The predicted octanol–water partition coefficient (Wildman–Crippen LogP) is 4.27. The van der Waals surface area contributed by atoms with Crippen LogP contribution in [0.5, 0.6) is 5.75 Å². The first-order valence-electron chi connectivity index (χ1n) is 6.98. The molecule has 2 aromatic rings. The SMILES string of the molecule is O=c1cc2oc3ccccc3cc-2c(-c2ccccc2)c1O. The Labute approximate surface area is 126 Å². The summed E-state index contributed by atoms with van der Waals surface area (Å²) >= 11 is 0. The number of phenols is 1. The van der Waals surface area contributed by atoms with Crippen LogP contribution in [0.2, 0.25) is 0 Å². The van der Waals surface area contributed by atoms with Gasteiger partial charge >= 0.3 is 0 Å². The molecule has 1 aliphatic heterocycles. The van der Waals surface area contributed by atoms with Crippen LogP contribution in [0.4, 0.5) is 0 Å². The second-order valence-corrected chi connectivity index (χ2v) is 5.16. The minimum absolute atomic E-state index is 0.246. The smallest absolute Gasteiger partial charge is 0.224 e. The molecule has 0 spiro atoms. The predicted molar refractivity (Wildman–Crippen MR) is 86.2 cm³/mol. The van der Waals surface area contributed by atoms with Crippen LogP contribution in [0.25, 0.3) is 33.4 Å². The third kappa shape index (κ3) is 1.87. The number of rotatable bonds is 1. The minimum Gasteiger partial charge on any atom is -0.504 e. The third-order valence-electron chi connectivity index (χ3n) is 3.77. The van der Waals surface area contributed by atoms with Crippen molar-refractivity contribution in [3.05, 3.63) is 77.0 Å². The number of benzene rings is 3. The lowest BCUT2D eigenvalue weighted by Crippen LogP contribution is -2.03. The van der Waals surface area contributed by atoms with E-state index in [4.69, 9.17) is 4.42 Å². The normalized spacial score (nSPS) is 11.1. The van der Waals surface area contributed by atoms with E-state index in [2.05, 4.69) is 0 Å². The van der Waals surface area contributed by atoms with Crippen molar-refractivity contribution in [1.82, 2.24) is 0 Å². The Bertz CT molecular complexity index is 1000. The lowest BCUT2D eigenvalue weighted by atomic mass is 9.95. The Morgan fingerprint density at radius 2 is 1.59 bits per heavy atom. The highest BCUT2D eigenvalue weighted by Crippen LogP contribution is 2.39. The molecule has 2 aliphatic rings. The fourth-order valence-electron chi connectivity index (χ4n) is 2.73. The second kappa shape index (κ2) is 4.74. The maximum atomic E-state index is 12.1. The van der Waals surface area contributed by atoms with Gasteiger partial charge in [-0.3, -0.25) is 4.79 Å². The fourth-order valence-corrected chi connectivity index (χ4v) is 2.73. The van der Waals surface area contributed by atoms with Crippen molar-refractivity contribution in [2.24, 2.45) is 0 Å². The first-order chi connectivity index (χ1) is 10.7. The number of phenolic OH excluding ortho intramolecular Hbond substituents is 1. The van der Waals surface area contributed by atoms with E-state index in [9.17, 15) is 9.90 Å². The first kappa shape index (κ1) is 12.7. The summed E-state index contributed by atoms with van der Waals surface area (Å²) in [6, 6.07) is 20.2. The van der Waals surface area contributed by atoms with Gasteiger partial charge in [0, 0.05) is 22.6 Å². The van der Waals surface area contributed by atoms with Crippen LogP contribution < -0.4 is 5.43 Å². The van der Waals surface area contributed by atoms with Gasteiger partial charge in [-0.2, -0.15) is 0 Å². The topological polar surface area (TPSA) is 50.4 Å². The summed E-state index contributed by atoms with van der Waals surface area (Å²) in [7, 11) is 0. The molecule has 0 saturated carbocycles. The molecule has 0 fully saturated rings. The second-order valence-electron chi connectivity index (χ2n) is 5.16. The molecule has 4 rings (SSSR count). The van der Waals surface area contributed by atoms with Gasteiger partial charge in [-0.25, -0.2) is 0 Å². The van der Waals surface area contributed by atoms with Crippen LogP contribution >= 0.6 is 0 Å². The van der Waals surface area contributed by atoms with Gasteiger partial charge in [0.25, 0.3) is 0 Å². The number of aromatic hydroxyl groups is 1. The molecular weight excluding hydrogens is 276 g/mol. The van der Waals surface area contributed by atoms with Gasteiger partial charge in [0.1, 0.15) is 11.3 Å². The molecule has 2 aromatic carbocycles. The molecule has 0 unspecified atom stereocenters.